The average molecular weight is 414 g/mol. The summed E-state index contributed by atoms with van der Waals surface area (Å²) in [5.41, 5.74) is 1.61. The summed E-state index contributed by atoms with van der Waals surface area (Å²) in [5, 5.41) is 7.92. The number of benzene rings is 1. The molecule has 9 heteroatoms. The molecule has 154 valence electrons. The van der Waals surface area contributed by atoms with E-state index in [4.69, 9.17) is 0 Å². The summed E-state index contributed by atoms with van der Waals surface area (Å²) in [7, 11) is 0. The smallest absolute Gasteiger partial charge is 0.323 e. The monoisotopic (exact) mass is 414 g/mol. The second kappa shape index (κ2) is 8.87. The highest BCUT2D eigenvalue weighted by Gasteiger charge is 2.12. The number of carbonyl (C=O) groups is 2. The average Bonchev–Trinajstić information content (AvgIpc) is 2.80. The van der Waals surface area contributed by atoms with Crippen LogP contribution in [0.5, 0.6) is 0 Å². The first-order chi connectivity index (χ1) is 15.1. The number of anilines is 2. The molecule has 31 heavy (non-hydrogen) atoms. The van der Waals surface area contributed by atoms with Crippen molar-refractivity contribution in [1.82, 2.24) is 19.7 Å². The van der Waals surface area contributed by atoms with Crippen LogP contribution in [0.2, 0.25) is 0 Å². The van der Waals surface area contributed by atoms with Crippen LogP contribution < -0.4 is 21.5 Å². The highest BCUT2D eigenvalue weighted by atomic mass is 16.2. The van der Waals surface area contributed by atoms with E-state index in [9.17, 15) is 14.4 Å². The molecule has 0 saturated heterocycles. The van der Waals surface area contributed by atoms with Crippen molar-refractivity contribution in [1.29, 1.82) is 0 Å². The second-order valence-corrected chi connectivity index (χ2v) is 6.61. The summed E-state index contributed by atoms with van der Waals surface area (Å²) in [6.07, 6.45) is 5.97. The fourth-order valence-electron chi connectivity index (χ4n) is 2.89. The first-order valence-corrected chi connectivity index (χ1v) is 9.42. The van der Waals surface area contributed by atoms with Gasteiger partial charge < -0.3 is 16.0 Å². The summed E-state index contributed by atoms with van der Waals surface area (Å²) in [5.74, 6) is -0.342. The van der Waals surface area contributed by atoms with Gasteiger partial charge in [-0.1, -0.05) is 18.2 Å². The molecule has 9 nitrogen and oxygen atoms in total. The normalized spacial score (nSPS) is 10.5. The number of nitrogens with one attached hydrogen (secondary N) is 3. The lowest BCUT2D eigenvalue weighted by Gasteiger charge is -2.09. The summed E-state index contributed by atoms with van der Waals surface area (Å²) in [4.78, 5) is 45.6. The number of fused-ring (bicyclic) bond motifs is 1. The SMILES string of the molecule is O=C(Nc1ccccc1)Nc1cnc2ccc(C(=O)NCc3ccncc3)cn2c1=O. The number of urea groups is 1. The van der Waals surface area contributed by atoms with Crippen LogP contribution in [0.4, 0.5) is 16.2 Å². The number of nitrogens with zero attached hydrogens (tertiary/aromatic N) is 3. The second-order valence-electron chi connectivity index (χ2n) is 6.61. The Bertz CT molecular complexity index is 1290. The standard InChI is InChI=1S/C22H18N6O3/c29-20(25-12-15-8-10-23-11-9-15)16-6-7-19-24-13-18(21(30)28(19)14-16)27-22(31)26-17-4-2-1-3-5-17/h1-11,13-14H,12H2,(H,25,29)(H2,26,27,31). The minimum absolute atomic E-state index is 0.0136. The molecular formula is C22H18N6O3. The summed E-state index contributed by atoms with van der Waals surface area (Å²) in [6.45, 7) is 0.327. The molecule has 0 aliphatic rings. The van der Waals surface area contributed by atoms with E-state index in [-0.39, 0.29) is 17.2 Å². The number of aromatic nitrogens is 3. The molecule has 0 saturated carbocycles. The van der Waals surface area contributed by atoms with E-state index < -0.39 is 11.6 Å². The Morgan fingerprint density at radius 2 is 1.71 bits per heavy atom. The van der Waals surface area contributed by atoms with Gasteiger partial charge in [0.15, 0.2) is 0 Å². The van der Waals surface area contributed by atoms with Crippen LogP contribution in [0.25, 0.3) is 5.65 Å². The van der Waals surface area contributed by atoms with Gasteiger partial charge in [-0.3, -0.25) is 19.0 Å². The summed E-state index contributed by atoms with van der Waals surface area (Å²) >= 11 is 0. The van der Waals surface area contributed by atoms with Crippen molar-refractivity contribution < 1.29 is 9.59 Å². The maximum Gasteiger partial charge on any atom is 0.323 e. The predicted molar refractivity (Wildman–Crippen MR) is 116 cm³/mol. The Kier molecular flexibility index (Phi) is 5.66. The van der Waals surface area contributed by atoms with Crippen molar-refractivity contribution in [2.45, 2.75) is 6.54 Å². The van der Waals surface area contributed by atoms with Gasteiger partial charge in [0.25, 0.3) is 11.5 Å². The lowest BCUT2D eigenvalue weighted by atomic mass is 10.2. The molecule has 3 aromatic heterocycles. The van der Waals surface area contributed by atoms with E-state index in [2.05, 4.69) is 25.9 Å². The molecule has 0 atom stereocenters. The Morgan fingerprint density at radius 3 is 2.48 bits per heavy atom. The number of para-hydroxylation sites is 1. The van der Waals surface area contributed by atoms with Crippen LogP contribution in [0.15, 0.2) is 84.2 Å². The maximum atomic E-state index is 12.8. The highest BCUT2D eigenvalue weighted by Crippen LogP contribution is 2.08. The lowest BCUT2D eigenvalue weighted by Crippen LogP contribution is -2.27. The van der Waals surface area contributed by atoms with Crippen molar-refractivity contribution in [3.05, 3.63) is 101 Å². The molecule has 0 spiro atoms. The fourth-order valence-corrected chi connectivity index (χ4v) is 2.89. The van der Waals surface area contributed by atoms with Gasteiger partial charge in [-0.05, 0) is 42.0 Å². The molecule has 0 aliphatic carbocycles. The summed E-state index contributed by atoms with van der Waals surface area (Å²) in [6, 6.07) is 15.0. The third-order valence-electron chi connectivity index (χ3n) is 4.45. The molecule has 4 rings (SSSR count). The van der Waals surface area contributed by atoms with Gasteiger partial charge in [-0.2, -0.15) is 0 Å². The van der Waals surface area contributed by atoms with Crippen LogP contribution in [-0.2, 0) is 6.54 Å². The number of pyridine rings is 2. The number of carbonyl (C=O) groups excluding carboxylic acids is 2. The van der Waals surface area contributed by atoms with E-state index in [0.29, 0.717) is 17.9 Å². The van der Waals surface area contributed by atoms with Crippen molar-refractivity contribution in [3.63, 3.8) is 0 Å². The molecule has 3 N–H and O–H groups in total. The molecule has 4 aromatic rings. The van der Waals surface area contributed by atoms with E-state index in [1.807, 2.05) is 6.07 Å². The maximum absolute atomic E-state index is 12.8. The Morgan fingerprint density at radius 1 is 0.935 bits per heavy atom. The minimum atomic E-state index is -0.573. The van der Waals surface area contributed by atoms with Crippen molar-refractivity contribution >= 4 is 29.0 Å². The molecular weight excluding hydrogens is 396 g/mol. The predicted octanol–water partition coefficient (Wildman–Crippen LogP) is 2.66. The zero-order valence-electron chi connectivity index (χ0n) is 16.3. The van der Waals surface area contributed by atoms with Crippen molar-refractivity contribution in [2.24, 2.45) is 0 Å². The third kappa shape index (κ3) is 4.73. The van der Waals surface area contributed by atoms with Crippen LogP contribution in [-0.4, -0.2) is 26.3 Å². The van der Waals surface area contributed by atoms with Crippen LogP contribution >= 0.6 is 0 Å². The van der Waals surface area contributed by atoms with Gasteiger partial charge in [-0.15, -0.1) is 0 Å². The van der Waals surface area contributed by atoms with E-state index in [1.165, 1.54) is 16.8 Å². The van der Waals surface area contributed by atoms with E-state index >= 15 is 0 Å². The Labute approximate surface area is 176 Å². The number of hydrogen-bond acceptors (Lipinski definition) is 5. The highest BCUT2D eigenvalue weighted by molar-refractivity contribution is 5.99. The van der Waals surface area contributed by atoms with E-state index in [0.717, 1.165) is 5.56 Å². The molecule has 0 radical (unpaired) electrons. The number of rotatable bonds is 5. The largest absolute Gasteiger partial charge is 0.348 e. The fraction of sp³-hybridized carbons (Fsp3) is 0.0455. The molecule has 3 heterocycles. The molecule has 3 amide bonds. The molecule has 1 aromatic carbocycles. The molecule has 0 bridgehead atoms. The minimum Gasteiger partial charge on any atom is -0.348 e. The van der Waals surface area contributed by atoms with Gasteiger partial charge in [0, 0.05) is 30.8 Å². The topological polar surface area (TPSA) is 117 Å². The zero-order chi connectivity index (χ0) is 21.6. The van der Waals surface area contributed by atoms with Crippen molar-refractivity contribution in [2.75, 3.05) is 10.6 Å². The van der Waals surface area contributed by atoms with Crippen LogP contribution in [0.3, 0.4) is 0 Å². The van der Waals surface area contributed by atoms with Gasteiger partial charge in [-0.25, -0.2) is 9.78 Å². The zero-order valence-corrected chi connectivity index (χ0v) is 16.3. The summed E-state index contributed by atoms with van der Waals surface area (Å²) < 4.78 is 1.22. The molecule has 0 unspecified atom stereocenters. The number of hydrogen-bond donors (Lipinski definition) is 3. The third-order valence-corrected chi connectivity index (χ3v) is 4.45. The lowest BCUT2D eigenvalue weighted by molar-refractivity contribution is 0.0950. The van der Waals surface area contributed by atoms with Gasteiger partial charge in [0.1, 0.15) is 11.3 Å². The first-order valence-electron chi connectivity index (χ1n) is 9.42. The van der Waals surface area contributed by atoms with Crippen LogP contribution in [0, 0.1) is 0 Å². The first kappa shape index (κ1) is 19.8. The Balaban J connectivity index is 1.51. The van der Waals surface area contributed by atoms with Gasteiger partial charge >= 0.3 is 6.03 Å². The number of amides is 3. The van der Waals surface area contributed by atoms with Crippen molar-refractivity contribution in [3.8, 4) is 0 Å². The molecule has 0 aliphatic heterocycles. The van der Waals surface area contributed by atoms with Gasteiger partial charge in [0.2, 0.25) is 0 Å². The quantitative estimate of drug-likeness (QED) is 0.464. The van der Waals surface area contributed by atoms with Crippen LogP contribution in [0.1, 0.15) is 15.9 Å². The van der Waals surface area contributed by atoms with Gasteiger partial charge in [0.05, 0.1) is 11.8 Å². The molecule has 0 fully saturated rings. The van der Waals surface area contributed by atoms with E-state index in [1.54, 1.807) is 60.9 Å². The Hall–Kier alpha value is -4.53.